The summed E-state index contributed by atoms with van der Waals surface area (Å²) in [5.74, 6) is 1.85. The molecule has 0 saturated heterocycles. The Morgan fingerprint density at radius 3 is 2.66 bits per heavy atom. The van der Waals surface area contributed by atoms with Crippen LogP contribution in [0.5, 0.6) is 0 Å². The van der Waals surface area contributed by atoms with E-state index in [2.05, 4.69) is 44.0 Å². The largest absolute Gasteiger partial charge is 0.467 e. The van der Waals surface area contributed by atoms with Crippen molar-refractivity contribution in [2.75, 3.05) is 19.8 Å². The van der Waals surface area contributed by atoms with Gasteiger partial charge in [-0.15, -0.1) is 10.2 Å². The van der Waals surface area contributed by atoms with Crippen molar-refractivity contribution >= 4 is 17.7 Å². The lowest BCUT2D eigenvalue weighted by Gasteiger charge is -2.23. The van der Waals surface area contributed by atoms with Gasteiger partial charge in [-0.1, -0.05) is 49.0 Å². The van der Waals surface area contributed by atoms with E-state index >= 15 is 0 Å². The molecule has 0 aliphatic carbocycles. The zero-order valence-corrected chi connectivity index (χ0v) is 17.9. The molecule has 3 rings (SSSR count). The van der Waals surface area contributed by atoms with Gasteiger partial charge in [-0.25, -0.2) is 0 Å². The predicted molar refractivity (Wildman–Crippen MR) is 114 cm³/mol. The highest BCUT2D eigenvalue weighted by atomic mass is 32.2. The lowest BCUT2D eigenvalue weighted by molar-refractivity contribution is -0.118. The van der Waals surface area contributed by atoms with Gasteiger partial charge in [-0.05, 0) is 38.2 Å². The number of furan rings is 1. The van der Waals surface area contributed by atoms with Crippen molar-refractivity contribution in [3.05, 3.63) is 65.9 Å². The minimum atomic E-state index is -0.0677. The number of nitrogens with one attached hydrogen (secondary N) is 1. The zero-order valence-electron chi connectivity index (χ0n) is 17.0. The van der Waals surface area contributed by atoms with Crippen LogP contribution in [0.4, 0.5) is 0 Å². The first-order chi connectivity index (χ1) is 14.1. The number of amides is 1. The molecule has 7 nitrogen and oxygen atoms in total. The maximum Gasteiger partial charge on any atom is 0.230 e. The molecule has 0 radical (unpaired) electrons. The highest BCUT2D eigenvalue weighted by molar-refractivity contribution is 7.99. The van der Waals surface area contributed by atoms with Crippen molar-refractivity contribution in [2.24, 2.45) is 0 Å². The lowest BCUT2D eigenvalue weighted by atomic mass is 10.2. The maximum atomic E-state index is 12.2. The van der Waals surface area contributed by atoms with Crippen LogP contribution in [-0.4, -0.2) is 45.4 Å². The van der Waals surface area contributed by atoms with E-state index in [0.717, 1.165) is 23.2 Å². The molecular weight excluding hydrogens is 386 g/mol. The summed E-state index contributed by atoms with van der Waals surface area (Å²) in [5, 5.41) is 12.5. The molecule has 0 aliphatic heterocycles. The van der Waals surface area contributed by atoms with Gasteiger partial charge in [0.2, 0.25) is 5.91 Å². The number of nitrogens with zero attached hydrogens (tertiary/aromatic N) is 4. The molecule has 0 unspecified atom stereocenters. The van der Waals surface area contributed by atoms with E-state index in [1.165, 1.54) is 17.3 Å². The van der Waals surface area contributed by atoms with Crippen LogP contribution in [0.25, 0.3) is 0 Å². The highest BCUT2D eigenvalue weighted by Gasteiger charge is 2.22. The number of carbonyl (C=O) groups is 1. The van der Waals surface area contributed by atoms with E-state index in [-0.39, 0.29) is 17.7 Å². The second-order valence-electron chi connectivity index (χ2n) is 6.94. The number of aromatic nitrogens is 3. The Kier molecular flexibility index (Phi) is 7.48. The minimum absolute atomic E-state index is 0.0677. The fraction of sp³-hybridized carbons (Fsp3) is 0.381. The van der Waals surface area contributed by atoms with Gasteiger partial charge in [0, 0.05) is 0 Å². The van der Waals surface area contributed by atoms with Crippen LogP contribution in [-0.2, 0) is 17.9 Å². The smallest absolute Gasteiger partial charge is 0.230 e. The quantitative estimate of drug-likeness (QED) is 0.514. The third-order valence-corrected chi connectivity index (χ3v) is 5.58. The molecule has 29 heavy (non-hydrogen) atoms. The SMILES string of the molecule is CC[C@@H](c1nnc(SCC(=O)NCc2ccco2)n1Cc1ccccc1)N(C)C. The first-order valence-electron chi connectivity index (χ1n) is 9.63. The van der Waals surface area contributed by atoms with Crippen molar-refractivity contribution in [2.45, 2.75) is 37.6 Å². The molecule has 154 valence electrons. The van der Waals surface area contributed by atoms with Crippen LogP contribution in [0.1, 0.15) is 36.5 Å². The molecule has 1 amide bonds. The predicted octanol–water partition coefficient (Wildman–Crippen LogP) is 3.34. The Bertz CT molecular complexity index is 893. The second kappa shape index (κ2) is 10.3. The van der Waals surface area contributed by atoms with E-state index in [9.17, 15) is 4.79 Å². The molecule has 1 aromatic carbocycles. The molecule has 0 spiro atoms. The summed E-state index contributed by atoms with van der Waals surface area (Å²) in [6.07, 6.45) is 2.52. The topological polar surface area (TPSA) is 76.2 Å². The van der Waals surface area contributed by atoms with E-state index in [1.54, 1.807) is 12.3 Å². The van der Waals surface area contributed by atoms with E-state index < -0.39 is 0 Å². The summed E-state index contributed by atoms with van der Waals surface area (Å²) in [5.41, 5.74) is 1.17. The van der Waals surface area contributed by atoms with Gasteiger partial charge in [0.05, 0.1) is 31.1 Å². The fourth-order valence-electron chi connectivity index (χ4n) is 3.13. The summed E-state index contributed by atoms with van der Waals surface area (Å²) in [6.45, 7) is 3.19. The molecule has 2 heterocycles. The van der Waals surface area contributed by atoms with Crippen LogP contribution in [0, 0.1) is 0 Å². The molecule has 0 aliphatic rings. The normalized spacial score (nSPS) is 12.3. The van der Waals surface area contributed by atoms with Gasteiger partial charge in [-0.3, -0.25) is 9.69 Å². The first kappa shape index (κ1) is 21.1. The van der Waals surface area contributed by atoms with Gasteiger partial charge in [0.25, 0.3) is 0 Å². The van der Waals surface area contributed by atoms with Crippen LogP contribution < -0.4 is 5.32 Å². The molecule has 0 saturated carbocycles. The highest BCUT2D eigenvalue weighted by Crippen LogP contribution is 2.26. The summed E-state index contributed by atoms with van der Waals surface area (Å²) in [4.78, 5) is 14.4. The molecule has 0 bridgehead atoms. The lowest BCUT2D eigenvalue weighted by Crippen LogP contribution is -2.25. The third-order valence-electron chi connectivity index (χ3n) is 4.61. The molecule has 3 aromatic rings. The van der Waals surface area contributed by atoms with Crippen molar-refractivity contribution < 1.29 is 9.21 Å². The monoisotopic (exact) mass is 413 g/mol. The number of hydrogen-bond acceptors (Lipinski definition) is 6. The van der Waals surface area contributed by atoms with E-state index in [4.69, 9.17) is 4.42 Å². The number of thioether (sulfide) groups is 1. The zero-order chi connectivity index (χ0) is 20.6. The summed E-state index contributed by atoms with van der Waals surface area (Å²) in [6, 6.07) is 14.0. The van der Waals surface area contributed by atoms with Gasteiger partial charge in [0.1, 0.15) is 5.76 Å². The summed E-state index contributed by atoms with van der Waals surface area (Å²) >= 11 is 1.40. The van der Waals surface area contributed by atoms with Crippen LogP contribution in [0.15, 0.2) is 58.3 Å². The fourth-order valence-corrected chi connectivity index (χ4v) is 3.90. The third kappa shape index (κ3) is 5.71. The molecule has 8 heteroatoms. The number of hydrogen-bond donors (Lipinski definition) is 1. The van der Waals surface area contributed by atoms with Gasteiger partial charge in [-0.2, -0.15) is 0 Å². The Morgan fingerprint density at radius 1 is 1.21 bits per heavy atom. The van der Waals surface area contributed by atoms with Crippen LogP contribution >= 0.6 is 11.8 Å². The van der Waals surface area contributed by atoms with Gasteiger partial charge in [0.15, 0.2) is 11.0 Å². The second-order valence-corrected chi connectivity index (χ2v) is 7.89. The first-order valence-corrected chi connectivity index (χ1v) is 10.6. The Labute approximate surface area is 175 Å². The van der Waals surface area contributed by atoms with Crippen molar-refractivity contribution in [1.29, 1.82) is 0 Å². The Balaban J connectivity index is 1.72. The van der Waals surface area contributed by atoms with Gasteiger partial charge >= 0.3 is 0 Å². The number of benzene rings is 1. The average molecular weight is 414 g/mol. The van der Waals surface area contributed by atoms with Crippen molar-refractivity contribution in [3.63, 3.8) is 0 Å². The molecular formula is C21H27N5O2S. The summed E-state index contributed by atoms with van der Waals surface area (Å²) in [7, 11) is 4.09. The molecule has 2 aromatic heterocycles. The van der Waals surface area contributed by atoms with Crippen molar-refractivity contribution in [3.8, 4) is 0 Å². The molecule has 0 fully saturated rings. The molecule has 1 N–H and O–H groups in total. The van der Waals surface area contributed by atoms with Crippen LogP contribution in [0.2, 0.25) is 0 Å². The number of carbonyl (C=O) groups excluding carboxylic acids is 1. The Hall–Kier alpha value is -2.58. The number of rotatable bonds is 10. The van der Waals surface area contributed by atoms with E-state index in [0.29, 0.717) is 13.1 Å². The minimum Gasteiger partial charge on any atom is -0.467 e. The van der Waals surface area contributed by atoms with Crippen LogP contribution in [0.3, 0.4) is 0 Å². The average Bonchev–Trinajstić information content (AvgIpc) is 3.37. The van der Waals surface area contributed by atoms with Gasteiger partial charge < -0.3 is 14.3 Å². The molecule has 1 atom stereocenters. The maximum absolute atomic E-state index is 12.2. The summed E-state index contributed by atoms with van der Waals surface area (Å²) < 4.78 is 7.36. The Morgan fingerprint density at radius 2 is 2.00 bits per heavy atom. The standard InChI is InChI=1S/C21H27N5O2S/c1-4-18(25(2)3)20-23-24-21(26(20)14-16-9-6-5-7-10-16)29-15-19(27)22-13-17-11-8-12-28-17/h5-12,18H,4,13-15H2,1-3H3,(H,22,27)/t18-/m0/s1. The van der Waals surface area contributed by atoms with E-state index in [1.807, 2.05) is 38.4 Å². The van der Waals surface area contributed by atoms with Crippen molar-refractivity contribution in [1.82, 2.24) is 25.0 Å².